The van der Waals surface area contributed by atoms with E-state index in [1.165, 1.54) is 0 Å². The van der Waals surface area contributed by atoms with Crippen molar-refractivity contribution in [3.05, 3.63) is 41.5 Å². The second-order valence-corrected chi connectivity index (χ2v) is 3.42. The van der Waals surface area contributed by atoms with E-state index in [9.17, 15) is 4.79 Å². The predicted molar refractivity (Wildman–Crippen MR) is 59.3 cm³/mol. The van der Waals surface area contributed by atoms with Gasteiger partial charge in [-0.25, -0.2) is 4.79 Å². The number of hydrogen-bond donors (Lipinski definition) is 2. The van der Waals surface area contributed by atoms with E-state index in [4.69, 9.17) is 14.9 Å². The SMILES string of the molecule is CC(=CC(=O)O)COc1ccc(CO)cc1. The van der Waals surface area contributed by atoms with Crippen molar-refractivity contribution >= 4 is 5.97 Å². The van der Waals surface area contributed by atoms with Gasteiger partial charge in [-0.05, 0) is 30.2 Å². The molecule has 2 N–H and O–H groups in total. The highest BCUT2D eigenvalue weighted by Gasteiger charge is 1.97. The molecule has 0 aliphatic rings. The molecule has 0 saturated heterocycles. The molecule has 0 radical (unpaired) electrons. The molecule has 86 valence electrons. The van der Waals surface area contributed by atoms with E-state index in [1.807, 2.05) is 0 Å². The first-order valence-corrected chi connectivity index (χ1v) is 4.84. The molecule has 0 aromatic heterocycles. The van der Waals surface area contributed by atoms with Gasteiger partial charge in [-0.3, -0.25) is 0 Å². The van der Waals surface area contributed by atoms with E-state index >= 15 is 0 Å². The molecule has 0 atom stereocenters. The quantitative estimate of drug-likeness (QED) is 0.742. The lowest BCUT2D eigenvalue weighted by molar-refractivity contribution is -0.131. The molecule has 0 heterocycles. The van der Waals surface area contributed by atoms with Crippen LogP contribution in [0.25, 0.3) is 0 Å². The van der Waals surface area contributed by atoms with Crippen LogP contribution in [0.1, 0.15) is 12.5 Å². The molecule has 4 heteroatoms. The zero-order valence-corrected chi connectivity index (χ0v) is 9.01. The Hall–Kier alpha value is -1.81. The maximum absolute atomic E-state index is 10.3. The Balaban J connectivity index is 2.51. The fourth-order valence-corrected chi connectivity index (χ4v) is 1.14. The molecule has 4 nitrogen and oxygen atoms in total. The minimum absolute atomic E-state index is 0.00176. The topological polar surface area (TPSA) is 66.8 Å². The van der Waals surface area contributed by atoms with Gasteiger partial charge < -0.3 is 14.9 Å². The number of aliphatic hydroxyl groups excluding tert-OH is 1. The van der Waals surface area contributed by atoms with Gasteiger partial charge in [0.2, 0.25) is 0 Å². The summed E-state index contributed by atoms with van der Waals surface area (Å²) in [5.41, 5.74) is 1.45. The summed E-state index contributed by atoms with van der Waals surface area (Å²) in [6.45, 7) is 1.93. The van der Waals surface area contributed by atoms with E-state index in [1.54, 1.807) is 31.2 Å². The molecular weight excluding hydrogens is 208 g/mol. The zero-order valence-electron chi connectivity index (χ0n) is 9.01. The third-order valence-electron chi connectivity index (χ3n) is 1.94. The third-order valence-corrected chi connectivity index (χ3v) is 1.94. The Labute approximate surface area is 93.8 Å². The van der Waals surface area contributed by atoms with Crippen LogP contribution in [0.2, 0.25) is 0 Å². The fourth-order valence-electron chi connectivity index (χ4n) is 1.14. The Bertz CT molecular complexity index is 379. The number of rotatable bonds is 5. The van der Waals surface area contributed by atoms with Crippen molar-refractivity contribution in [3.8, 4) is 5.75 Å². The number of hydrogen-bond acceptors (Lipinski definition) is 3. The minimum Gasteiger partial charge on any atom is -0.489 e. The minimum atomic E-state index is -0.975. The van der Waals surface area contributed by atoms with Crippen LogP contribution in [0, 0.1) is 0 Å². The number of ether oxygens (including phenoxy) is 1. The van der Waals surface area contributed by atoms with Gasteiger partial charge in [0.1, 0.15) is 12.4 Å². The number of benzene rings is 1. The molecule has 1 rings (SSSR count). The highest BCUT2D eigenvalue weighted by molar-refractivity contribution is 5.80. The summed E-state index contributed by atoms with van der Waals surface area (Å²) in [7, 11) is 0. The van der Waals surface area contributed by atoms with Gasteiger partial charge in [0.15, 0.2) is 0 Å². The molecule has 0 aliphatic heterocycles. The fraction of sp³-hybridized carbons (Fsp3) is 0.250. The second kappa shape index (κ2) is 5.92. The number of aliphatic hydroxyl groups is 1. The maximum Gasteiger partial charge on any atom is 0.328 e. The van der Waals surface area contributed by atoms with E-state index in [-0.39, 0.29) is 13.2 Å². The van der Waals surface area contributed by atoms with Crippen LogP contribution in [-0.4, -0.2) is 22.8 Å². The summed E-state index contributed by atoms with van der Waals surface area (Å²) < 4.78 is 5.35. The Morgan fingerprint density at radius 3 is 2.50 bits per heavy atom. The van der Waals surface area contributed by atoms with Crippen LogP contribution in [0.15, 0.2) is 35.9 Å². The van der Waals surface area contributed by atoms with Gasteiger partial charge in [-0.2, -0.15) is 0 Å². The van der Waals surface area contributed by atoms with E-state index in [0.717, 1.165) is 11.6 Å². The van der Waals surface area contributed by atoms with Crippen molar-refractivity contribution in [2.75, 3.05) is 6.61 Å². The van der Waals surface area contributed by atoms with Crippen LogP contribution in [0.4, 0.5) is 0 Å². The van der Waals surface area contributed by atoms with E-state index in [2.05, 4.69) is 0 Å². The van der Waals surface area contributed by atoms with Gasteiger partial charge in [-0.15, -0.1) is 0 Å². The lowest BCUT2D eigenvalue weighted by Gasteiger charge is -2.06. The molecule has 0 saturated carbocycles. The third kappa shape index (κ3) is 4.14. The zero-order chi connectivity index (χ0) is 12.0. The van der Waals surface area contributed by atoms with E-state index < -0.39 is 5.97 Å². The molecule has 16 heavy (non-hydrogen) atoms. The van der Waals surface area contributed by atoms with Crippen molar-refractivity contribution in [2.24, 2.45) is 0 Å². The molecule has 0 amide bonds. The second-order valence-electron chi connectivity index (χ2n) is 3.42. The van der Waals surface area contributed by atoms with Crippen molar-refractivity contribution in [3.63, 3.8) is 0 Å². The summed E-state index contributed by atoms with van der Waals surface area (Å²) in [5.74, 6) is -0.327. The number of carboxylic acids is 1. The largest absolute Gasteiger partial charge is 0.489 e. The lowest BCUT2D eigenvalue weighted by Crippen LogP contribution is -2.01. The Morgan fingerprint density at radius 1 is 1.38 bits per heavy atom. The van der Waals surface area contributed by atoms with Crippen molar-refractivity contribution in [1.82, 2.24) is 0 Å². The van der Waals surface area contributed by atoms with E-state index in [0.29, 0.717) is 11.3 Å². The average Bonchev–Trinajstić information content (AvgIpc) is 2.26. The molecule has 1 aromatic rings. The monoisotopic (exact) mass is 222 g/mol. The first-order valence-electron chi connectivity index (χ1n) is 4.84. The van der Waals surface area contributed by atoms with Crippen LogP contribution in [0.3, 0.4) is 0 Å². The van der Waals surface area contributed by atoms with Crippen molar-refractivity contribution < 1.29 is 19.7 Å². The van der Waals surface area contributed by atoms with Crippen LogP contribution < -0.4 is 4.74 Å². The average molecular weight is 222 g/mol. The van der Waals surface area contributed by atoms with Crippen LogP contribution >= 0.6 is 0 Å². The van der Waals surface area contributed by atoms with Gasteiger partial charge in [0.05, 0.1) is 6.61 Å². The summed E-state index contributed by atoms with van der Waals surface area (Å²) in [6.07, 6.45) is 1.11. The van der Waals surface area contributed by atoms with Crippen LogP contribution in [0.5, 0.6) is 5.75 Å². The first-order chi connectivity index (χ1) is 7.61. The number of aliphatic carboxylic acids is 1. The summed E-state index contributed by atoms with van der Waals surface area (Å²) >= 11 is 0. The standard InChI is InChI=1S/C12H14O4/c1-9(6-12(14)15)8-16-11-4-2-10(7-13)3-5-11/h2-6,13H,7-8H2,1H3,(H,14,15). The summed E-state index contributed by atoms with van der Waals surface area (Å²) in [5, 5.41) is 17.3. The maximum atomic E-state index is 10.3. The van der Waals surface area contributed by atoms with Gasteiger partial charge in [0, 0.05) is 6.08 Å². The smallest absolute Gasteiger partial charge is 0.328 e. The summed E-state index contributed by atoms with van der Waals surface area (Å²) in [6, 6.07) is 6.98. The molecule has 0 fully saturated rings. The molecule has 0 bridgehead atoms. The first kappa shape index (κ1) is 12.3. The van der Waals surface area contributed by atoms with Crippen molar-refractivity contribution in [1.29, 1.82) is 0 Å². The Morgan fingerprint density at radius 2 is 2.00 bits per heavy atom. The normalized spacial score (nSPS) is 11.2. The van der Waals surface area contributed by atoms with Crippen LogP contribution in [-0.2, 0) is 11.4 Å². The predicted octanol–water partition coefficient (Wildman–Crippen LogP) is 1.59. The number of carboxylic acid groups (broad SMARTS) is 1. The molecule has 1 aromatic carbocycles. The molecule has 0 unspecified atom stereocenters. The van der Waals surface area contributed by atoms with Crippen molar-refractivity contribution in [2.45, 2.75) is 13.5 Å². The molecule has 0 aliphatic carbocycles. The van der Waals surface area contributed by atoms with Gasteiger partial charge in [-0.1, -0.05) is 12.1 Å². The summed E-state index contributed by atoms with van der Waals surface area (Å²) in [4.78, 5) is 10.3. The van der Waals surface area contributed by atoms with Gasteiger partial charge >= 0.3 is 5.97 Å². The van der Waals surface area contributed by atoms with Gasteiger partial charge in [0.25, 0.3) is 0 Å². The Kier molecular flexibility index (Phi) is 4.54. The number of carbonyl (C=O) groups is 1. The highest BCUT2D eigenvalue weighted by Crippen LogP contribution is 2.12. The lowest BCUT2D eigenvalue weighted by atomic mass is 10.2. The molecular formula is C12H14O4. The highest BCUT2D eigenvalue weighted by atomic mass is 16.5. The molecule has 0 spiro atoms.